The van der Waals surface area contributed by atoms with Crippen LogP contribution in [0.3, 0.4) is 0 Å². The van der Waals surface area contributed by atoms with E-state index in [-0.39, 0.29) is 43.5 Å². The quantitative estimate of drug-likeness (QED) is 0.419. The Bertz CT molecular complexity index is 524. The normalized spacial score (nSPS) is 10.6. The van der Waals surface area contributed by atoms with Crippen molar-refractivity contribution in [2.75, 3.05) is 40.5 Å². The first kappa shape index (κ1) is 16.8. The number of hydrogen-bond donors (Lipinski definition) is 2. The number of aliphatic hydroxyl groups excluding tert-OH is 1. The van der Waals surface area contributed by atoms with E-state index >= 15 is 0 Å². The number of aliphatic hydroxyl groups is 1. The van der Waals surface area contributed by atoms with Crippen LogP contribution in [-0.2, 0) is 4.74 Å². The monoisotopic (exact) mass is 293 g/mol. The summed E-state index contributed by atoms with van der Waals surface area (Å²) in [4.78, 5) is 5.89. The fourth-order valence-electron chi connectivity index (χ4n) is 1.42. The summed E-state index contributed by atoms with van der Waals surface area (Å²) in [7, 11) is 3.62. The van der Waals surface area contributed by atoms with E-state index < -0.39 is 0 Å². The van der Waals surface area contributed by atoms with E-state index in [0.29, 0.717) is 5.69 Å². The van der Waals surface area contributed by atoms with Crippen LogP contribution in [0.2, 0.25) is 0 Å². The summed E-state index contributed by atoms with van der Waals surface area (Å²) >= 11 is 0. The third-order valence-corrected chi connectivity index (χ3v) is 2.35. The third-order valence-electron chi connectivity index (χ3n) is 2.35. The van der Waals surface area contributed by atoms with Crippen molar-refractivity contribution in [2.24, 2.45) is 4.99 Å². The highest BCUT2D eigenvalue weighted by Gasteiger charge is 2.09. The molecule has 0 fully saturated rings. The topological polar surface area (TPSA) is 98.3 Å². The first-order valence-corrected chi connectivity index (χ1v) is 6.37. The van der Waals surface area contributed by atoms with Crippen molar-refractivity contribution in [2.45, 2.75) is 0 Å². The lowest BCUT2D eigenvalue weighted by atomic mass is 10.1. The van der Waals surface area contributed by atoms with Gasteiger partial charge in [-0.2, -0.15) is 5.26 Å². The van der Waals surface area contributed by atoms with Gasteiger partial charge in [0.25, 0.3) is 0 Å². The molecule has 0 heterocycles. The second-order valence-corrected chi connectivity index (χ2v) is 4.34. The van der Waals surface area contributed by atoms with Crippen LogP contribution in [0, 0.1) is 11.3 Å². The summed E-state index contributed by atoms with van der Waals surface area (Å²) in [5.74, 6) is 0.102. The standard InChI is InChI=1S/C14H19N3O4/c1-17(2)10-16-12-8-14(13(19)7-11(12)9-15)21-6-5-20-4-3-18/h7-8,10,18-19H,3-6H2,1-2H3. The molecule has 0 bridgehead atoms. The van der Waals surface area contributed by atoms with Gasteiger partial charge in [0.2, 0.25) is 0 Å². The maximum atomic E-state index is 9.81. The molecule has 114 valence electrons. The molecule has 0 spiro atoms. The van der Waals surface area contributed by atoms with Gasteiger partial charge < -0.3 is 24.6 Å². The number of hydrogen-bond acceptors (Lipinski definition) is 6. The van der Waals surface area contributed by atoms with Crippen LogP contribution >= 0.6 is 0 Å². The number of aliphatic imine (C=N–C) groups is 1. The van der Waals surface area contributed by atoms with Gasteiger partial charge in [0.05, 0.1) is 37.4 Å². The smallest absolute Gasteiger partial charge is 0.163 e. The zero-order chi connectivity index (χ0) is 15.7. The molecular weight excluding hydrogens is 274 g/mol. The highest BCUT2D eigenvalue weighted by atomic mass is 16.5. The van der Waals surface area contributed by atoms with Gasteiger partial charge in [-0.15, -0.1) is 0 Å². The first-order valence-electron chi connectivity index (χ1n) is 6.37. The largest absolute Gasteiger partial charge is 0.504 e. The summed E-state index contributed by atoms with van der Waals surface area (Å²) in [6.45, 7) is 0.694. The van der Waals surface area contributed by atoms with Gasteiger partial charge in [0, 0.05) is 26.2 Å². The first-order chi connectivity index (χ1) is 10.1. The summed E-state index contributed by atoms with van der Waals surface area (Å²) in [5, 5.41) is 27.4. The molecule has 0 amide bonds. The van der Waals surface area contributed by atoms with Crippen molar-refractivity contribution >= 4 is 12.0 Å². The van der Waals surface area contributed by atoms with E-state index in [2.05, 4.69) is 4.99 Å². The highest BCUT2D eigenvalue weighted by molar-refractivity contribution is 5.68. The predicted molar refractivity (Wildman–Crippen MR) is 78.1 cm³/mol. The number of benzene rings is 1. The molecule has 0 saturated carbocycles. The average Bonchev–Trinajstić information content (AvgIpc) is 2.46. The molecule has 7 heteroatoms. The van der Waals surface area contributed by atoms with Crippen molar-refractivity contribution < 1.29 is 19.7 Å². The van der Waals surface area contributed by atoms with Crippen molar-refractivity contribution in [1.29, 1.82) is 5.26 Å². The van der Waals surface area contributed by atoms with Crippen LogP contribution in [0.15, 0.2) is 17.1 Å². The number of phenols is 1. The van der Waals surface area contributed by atoms with E-state index in [1.54, 1.807) is 11.2 Å². The lowest BCUT2D eigenvalue weighted by molar-refractivity contribution is 0.0699. The minimum Gasteiger partial charge on any atom is -0.504 e. The summed E-state index contributed by atoms with van der Waals surface area (Å²) in [6.07, 6.45) is 1.56. The van der Waals surface area contributed by atoms with Crippen molar-refractivity contribution in [3.8, 4) is 17.6 Å². The predicted octanol–water partition coefficient (Wildman–Crippen LogP) is 0.873. The van der Waals surface area contributed by atoms with E-state index in [1.165, 1.54) is 12.1 Å². The van der Waals surface area contributed by atoms with Gasteiger partial charge in [-0.05, 0) is 0 Å². The molecule has 0 unspecified atom stereocenters. The third kappa shape index (κ3) is 5.69. The van der Waals surface area contributed by atoms with Crippen molar-refractivity contribution in [1.82, 2.24) is 4.90 Å². The van der Waals surface area contributed by atoms with Crippen LogP contribution in [0.5, 0.6) is 11.5 Å². The molecule has 2 N–H and O–H groups in total. The lowest BCUT2D eigenvalue weighted by Gasteiger charge is -2.10. The second-order valence-electron chi connectivity index (χ2n) is 4.34. The minimum absolute atomic E-state index is 0.0501. The van der Waals surface area contributed by atoms with Gasteiger partial charge in [0.1, 0.15) is 12.7 Å². The maximum absolute atomic E-state index is 9.81. The van der Waals surface area contributed by atoms with E-state index in [0.717, 1.165) is 0 Å². The second kappa shape index (κ2) is 8.79. The number of ether oxygens (including phenoxy) is 2. The van der Waals surface area contributed by atoms with Crippen molar-refractivity contribution in [3.05, 3.63) is 17.7 Å². The number of aromatic hydroxyl groups is 1. The Labute approximate surface area is 123 Å². The molecule has 0 radical (unpaired) electrons. The zero-order valence-electron chi connectivity index (χ0n) is 12.1. The van der Waals surface area contributed by atoms with Gasteiger partial charge >= 0.3 is 0 Å². The molecule has 0 aliphatic heterocycles. The Balaban J connectivity index is 2.80. The number of nitrogens with zero attached hydrogens (tertiary/aromatic N) is 3. The molecule has 7 nitrogen and oxygen atoms in total. The van der Waals surface area contributed by atoms with Gasteiger partial charge in [0.15, 0.2) is 11.5 Å². The van der Waals surface area contributed by atoms with Crippen LogP contribution in [-0.4, -0.2) is 62.0 Å². The van der Waals surface area contributed by atoms with Crippen LogP contribution in [0.25, 0.3) is 0 Å². The van der Waals surface area contributed by atoms with E-state index in [1.807, 2.05) is 20.2 Å². The molecule has 0 aliphatic rings. The maximum Gasteiger partial charge on any atom is 0.163 e. The lowest BCUT2D eigenvalue weighted by Crippen LogP contribution is -2.09. The van der Waals surface area contributed by atoms with Crippen LogP contribution in [0.4, 0.5) is 5.69 Å². The molecule has 0 aromatic heterocycles. The molecular formula is C14H19N3O4. The summed E-state index contributed by atoms with van der Waals surface area (Å²) < 4.78 is 10.4. The Morgan fingerprint density at radius 1 is 1.33 bits per heavy atom. The Kier molecular flexibility index (Phi) is 7.01. The molecule has 0 atom stereocenters. The van der Waals surface area contributed by atoms with Gasteiger partial charge in [-0.1, -0.05) is 0 Å². The highest BCUT2D eigenvalue weighted by Crippen LogP contribution is 2.33. The van der Waals surface area contributed by atoms with E-state index in [4.69, 9.17) is 19.8 Å². The number of rotatable bonds is 8. The molecule has 1 aromatic carbocycles. The van der Waals surface area contributed by atoms with Gasteiger partial charge in [-0.3, -0.25) is 0 Å². The summed E-state index contributed by atoms with van der Waals surface area (Å²) in [5.41, 5.74) is 0.671. The fourth-order valence-corrected chi connectivity index (χ4v) is 1.42. The van der Waals surface area contributed by atoms with Gasteiger partial charge in [-0.25, -0.2) is 4.99 Å². The Hall–Kier alpha value is -2.30. The van der Waals surface area contributed by atoms with E-state index in [9.17, 15) is 5.11 Å². The molecule has 0 saturated heterocycles. The number of phenolic OH excluding ortho intramolecular Hbond substituents is 1. The molecule has 0 aliphatic carbocycles. The van der Waals surface area contributed by atoms with Crippen molar-refractivity contribution in [3.63, 3.8) is 0 Å². The minimum atomic E-state index is -0.127. The Morgan fingerprint density at radius 3 is 2.71 bits per heavy atom. The molecule has 21 heavy (non-hydrogen) atoms. The fraction of sp³-hybridized carbons (Fsp3) is 0.429. The zero-order valence-corrected chi connectivity index (χ0v) is 12.1. The molecule has 1 aromatic rings. The summed E-state index contributed by atoms with van der Waals surface area (Å²) in [6, 6.07) is 4.78. The van der Waals surface area contributed by atoms with Crippen LogP contribution < -0.4 is 4.74 Å². The molecule has 1 rings (SSSR count). The SMILES string of the molecule is CN(C)C=Nc1cc(OCCOCCO)c(O)cc1C#N. The Morgan fingerprint density at radius 2 is 2.10 bits per heavy atom. The average molecular weight is 293 g/mol. The van der Waals surface area contributed by atoms with Crippen LogP contribution in [0.1, 0.15) is 5.56 Å². The number of nitriles is 1.